The molecule has 1 N–H and O–H groups in total. The topological polar surface area (TPSA) is 66.3 Å². The molecule has 0 aliphatic heterocycles. The smallest absolute Gasteiger partial charge is 0.339 e. The van der Waals surface area contributed by atoms with Crippen molar-refractivity contribution in [1.29, 1.82) is 0 Å². The summed E-state index contributed by atoms with van der Waals surface area (Å²) in [4.78, 5) is 21.3. The first-order valence-electron chi connectivity index (χ1n) is 5.89. The van der Waals surface area contributed by atoms with E-state index in [1.54, 1.807) is 24.5 Å². The third-order valence-corrected chi connectivity index (χ3v) is 2.78. The van der Waals surface area contributed by atoms with E-state index in [2.05, 4.69) is 9.97 Å². The van der Waals surface area contributed by atoms with Crippen LogP contribution in [0.1, 0.15) is 21.6 Å². The second kappa shape index (κ2) is 5.48. The number of nitrogens with zero attached hydrogens (tertiary/aromatic N) is 3. The molecule has 0 fully saturated rings. The minimum Gasteiger partial charge on any atom is -0.478 e. The maximum atomic E-state index is 11.2. The van der Waals surface area contributed by atoms with Crippen molar-refractivity contribution in [3.63, 3.8) is 0 Å². The van der Waals surface area contributed by atoms with Gasteiger partial charge in [0.25, 0.3) is 0 Å². The van der Waals surface area contributed by atoms with Crippen LogP contribution in [0.3, 0.4) is 0 Å². The van der Waals surface area contributed by atoms with E-state index < -0.39 is 5.97 Å². The fraction of sp³-hybridized carbons (Fsp3) is 0.214. The van der Waals surface area contributed by atoms with Crippen molar-refractivity contribution in [1.82, 2.24) is 9.97 Å². The van der Waals surface area contributed by atoms with Crippen molar-refractivity contribution in [2.75, 3.05) is 11.9 Å². The van der Waals surface area contributed by atoms with Crippen LogP contribution in [-0.4, -0.2) is 28.1 Å². The van der Waals surface area contributed by atoms with Gasteiger partial charge >= 0.3 is 5.97 Å². The summed E-state index contributed by atoms with van der Waals surface area (Å²) in [5.74, 6) is -0.492. The van der Waals surface area contributed by atoms with E-state index in [9.17, 15) is 9.90 Å². The minimum absolute atomic E-state index is 0.210. The highest BCUT2D eigenvalue weighted by atomic mass is 16.4. The molecule has 0 radical (unpaired) electrons. The molecule has 98 valence electrons. The van der Waals surface area contributed by atoms with E-state index in [0.29, 0.717) is 12.4 Å². The Bertz CT molecular complexity index is 584. The average Bonchev–Trinajstić information content (AvgIpc) is 2.39. The van der Waals surface area contributed by atoms with Gasteiger partial charge in [0.15, 0.2) is 0 Å². The van der Waals surface area contributed by atoms with Crippen molar-refractivity contribution in [2.45, 2.75) is 13.5 Å². The van der Waals surface area contributed by atoms with Crippen molar-refractivity contribution in [3.8, 4) is 0 Å². The monoisotopic (exact) mass is 257 g/mol. The highest BCUT2D eigenvalue weighted by Gasteiger charge is 2.15. The average molecular weight is 257 g/mol. The SMILES string of the molecule is Cc1ccc(C(=O)O)c(N(C)Cc2ccncc2)n1. The van der Waals surface area contributed by atoms with Gasteiger partial charge in [-0.3, -0.25) is 4.98 Å². The number of aryl methyl sites for hydroxylation is 1. The second-order valence-corrected chi connectivity index (χ2v) is 4.34. The minimum atomic E-state index is -0.968. The summed E-state index contributed by atoms with van der Waals surface area (Å²) in [6.45, 7) is 2.43. The van der Waals surface area contributed by atoms with Crippen LogP contribution < -0.4 is 4.90 Å². The molecule has 0 saturated heterocycles. The summed E-state index contributed by atoms with van der Waals surface area (Å²) in [5, 5.41) is 9.19. The number of aromatic carboxylic acids is 1. The van der Waals surface area contributed by atoms with Crippen LogP contribution in [0, 0.1) is 6.92 Å². The molecule has 2 rings (SSSR count). The number of anilines is 1. The Balaban J connectivity index is 2.30. The van der Waals surface area contributed by atoms with Gasteiger partial charge in [-0.1, -0.05) is 0 Å². The van der Waals surface area contributed by atoms with Crippen LogP contribution >= 0.6 is 0 Å². The molecular formula is C14H15N3O2. The third-order valence-electron chi connectivity index (χ3n) is 2.78. The Morgan fingerprint density at radius 1 is 1.26 bits per heavy atom. The third kappa shape index (κ3) is 3.07. The number of hydrogen-bond donors (Lipinski definition) is 1. The van der Waals surface area contributed by atoms with Gasteiger partial charge in [-0.25, -0.2) is 9.78 Å². The number of rotatable bonds is 4. The summed E-state index contributed by atoms with van der Waals surface area (Å²) in [6.07, 6.45) is 3.43. The molecule has 0 aliphatic rings. The molecule has 5 heteroatoms. The van der Waals surface area contributed by atoms with E-state index >= 15 is 0 Å². The van der Waals surface area contributed by atoms with Gasteiger partial charge in [-0.15, -0.1) is 0 Å². The van der Waals surface area contributed by atoms with Crippen molar-refractivity contribution in [2.24, 2.45) is 0 Å². The highest BCUT2D eigenvalue weighted by Crippen LogP contribution is 2.19. The molecule has 2 aromatic rings. The van der Waals surface area contributed by atoms with Crippen LogP contribution in [0.25, 0.3) is 0 Å². The summed E-state index contributed by atoms with van der Waals surface area (Å²) in [7, 11) is 1.83. The van der Waals surface area contributed by atoms with Crippen LogP contribution in [0.4, 0.5) is 5.82 Å². The maximum Gasteiger partial charge on any atom is 0.339 e. The van der Waals surface area contributed by atoms with E-state index in [1.807, 2.05) is 31.0 Å². The Morgan fingerprint density at radius 2 is 1.95 bits per heavy atom. The molecule has 0 bridgehead atoms. The largest absolute Gasteiger partial charge is 0.478 e. The number of aromatic nitrogens is 2. The number of carboxylic acid groups (broad SMARTS) is 1. The first-order valence-corrected chi connectivity index (χ1v) is 5.89. The van der Waals surface area contributed by atoms with E-state index in [4.69, 9.17) is 0 Å². The normalized spacial score (nSPS) is 10.2. The molecular weight excluding hydrogens is 242 g/mol. The molecule has 19 heavy (non-hydrogen) atoms. The zero-order chi connectivity index (χ0) is 13.8. The lowest BCUT2D eigenvalue weighted by molar-refractivity contribution is 0.0697. The predicted octanol–water partition coefficient (Wildman–Crippen LogP) is 2.12. The van der Waals surface area contributed by atoms with Gasteiger partial charge in [-0.05, 0) is 36.8 Å². The summed E-state index contributed by atoms with van der Waals surface area (Å²) >= 11 is 0. The van der Waals surface area contributed by atoms with Gasteiger partial charge in [0.2, 0.25) is 0 Å². The molecule has 0 unspecified atom stereocenters. The van der Waals surface area contributed by atoms with Crippen molar-refractivity contribution in [3.05, 3.63) is 53.5 Å². The fourth-order valence-electron chi connectivity index (χ4n) is 1.84. The van der Waals surface area contributed by atoms with Crippen LogP contribution in [0.15, 0.2) is 36.7 Å². The Hall–Kier alpha value is -2.43. The molecule has 0 saturated carbocycles. The van der Waals surface area contributed by atoms with Gasteiger partial charge < -0.3 is 10.0 Å². The lowest BCUT2D eigenvalue weighted by Gasteiger charge is -2.20. The molecule has 0 amide bonds. The summed E-state index contributed by atoms with van der Waals surface area (Å²) in [6, 6.07) is 7.08. The predicted molar refractivity (Wildman–Crippen MR) is 72.3 cm³/mol. The molecule has 0 aliphatic carbocycles. The van der Waals surface area contributed by atoms with E-state index in [0.717, 1.165) is 11.3 Å². The number of hydrogen-bond acceptors (Lipinski definition) is 4. The summed E-state index contributed by atoms with van der Waals surface area (Å²) in [5.41, 5.74) is 2.06. The molecule has 0 atom stereocenters. The van der Waals surface area contributed by atoms with E-state index in [1.165, 1.54) is 0 Å². The molecule has 0 aromatic carbocycles. The second-order valence-electron chi connectivity index (χ2n) is 4.34. The Labute approximate surface area is 111 Å². The fourth-order valence-corrected chi connectivity index (χ4v) is 1.84. The lowest BCUT2D eigenvalue weighted by Crippen LogP contribution is -2.21. The first-order chi connectivity index (χ1) is 9.08. The standard InChI is InChI=1S/C14H15N3O2/c1-10-3-4-12(14(18)19)13(16-10)17(2)9-11-5-7-15-8-6-11/h3-8H,9H2,1-2H3,(H,18,19). The molecule has 2 heterocycles. The number of carbonyl (C=O) groups is 1. The van der Waals surface area contributed by atoms with Crippen molar-refractivity contribution < 1.29 is 9.90 Å². The van der Waals surface area contributed by atoms with Crippen molar-refractivity contribution >= 4 is 11.8 Å². The highest BCUT2D eigenvalue weighted by molar-refractivity contribution is 5.93. The lowest BCUT2D eigenvalue weighted by atomic mass is 10.2. The molecule has 2 aromatic heterocycles. The van der Waals surface area contributed by atoms with Gasteiger partial charge in [0.05, 0.1) is 0 Å². The Kier molecular flexibility index (Phi) is 3.75. The van der Waals surface area contributed by atoms with Crippen LogP contribution in [-0.2, 0) is 6.54 Å². The maximum absolute atomic E-state index is 11.2. The van der Waals surface area contributed by atoms with E-state index in [-0.39, 0.29) is 5.56 Å². The Morgan fingerprint density at radius 3 is 2.58 bits per heavy atom. The first kappa shape index (κ1) is 13.0. The molecule has 5 nitrogen and oxygen atoms in total. The van der Waals surface area contributed by atoms with Gasteiger partial charge in [0, 0.05) is 31.7 Å². The van der Waals surface area contributed by atoms with Crippen LogP contribution in [0.5, 0.6) is 0 Å². The quantitative estimate of drug-likeness (QED) is 0.908. The zero-order valence-electron chi connectivity index (χ0n) is 10.9. The number of pyridine rings is 2. The van der Waals surface area contributed by atoms with Gasteiger partial charge in [-0.2, -0.15) is 0 Å². The number of carboxylic acids is 1. The summed E-state index contributed by atoms with van der Waals surface area (Å²) < 4.78 is 0. The van der Waals surface area contributed by atoms with Gasteiger partial charge in [0.1, 0.15) is 11.4 Å². The molecule has 0 spiro atoms. The van der Waals surface area contributed by atoms with Crippen LogP contribution in [0.2, 0.25) is 0 Å². The zero-order valence-corrected chi connectivity index (χ0v) is 10.9.